The lowest BCUT2D eigenvalue weighted by Crippen LogP contribution is -2.23. The van der Waals surface area contributed by atoms with Crippen molar-refractivity contribution in [2.75, 3.05) is 18.0 Å². The molecule has 1 saturated heterocycles. The van der Waals surface area contributed by atoms with E-state index in [0.29, 0.717) is 6.42 Å². The number of fused-ring (bicyclic) bond motifs is 1. The van der Waals surface area contributed by atoms with E-state index < -0.39 is 0 Å². The van der Waals surface area contributed by atoms with E-state index in [4.69, 9.17) is 5.26 Å². The van der Waals surface area contributed by atoms with Crippen molar-refractivity contribution < 1.29 is 0 Å². The quantitative estimate of drug-likeness (QED) is 0.753. The van der Waals surface area contributed by atoms with Crippen LogP contribution in [0.1, 0.15) is 17.7 Å². The smallest absolute Gasteiger partial charge is 0.128 e. The third-order valence-corrected chi connectivity index (χ3v) is 3.75. The van der Waals surface area contributed by atoms with E-state index in [2.05, 4.69) is 22.0 Å². The average Bonchev–Trinajstić information content (AvgIpc) is 2.89. The Hall–Kier alpha value is -1.56. The zero-order valence-electron chi connectivity index (χ0n) is 9.48. The summed E-state index contributed by atoms with van der Waals surface area (Å²) in [6, 6.07) is 6.28. The molecule has 3 rings (SSSR count). The summed E-state index contributed by atoms with van der Waals surface area (Å²) in [6.07, 6.45) is 1.88. The molecule has 0 bridgehead atoms. The van der Waals surface area contributed by atoms with Gasteiger partial charge in [0, 0.05) is 18.8 Å². The minimum Gasteiger partial charge on any atom is -0.356 e. The summed E-state index contributed by atoms with van der Waals surface area (Å²) in [5, 5.41) is 8.68. The predicted octanol–water partition coefficient (Wildman–Crippen LogP) is 1.91. The van der Waals surface area contributed by atoms with Crippen LogP contribution in [0.25, 0.3) is 0 Å². The second kappa shape index (κ2) is 3.48. The van der Waals surface area contributed by atoms with Gasteiger partial charge in [0.1, 0.15) is 5.82 Å². The minimum absolute atomic E-state index is 0.463. The van der Waals surface area contributed by atoms with E-state index in [1.807, 2.05) is 13.0 Å². The van der Waals surface area contributed by atoms with E-state index in [0.717, 1.165) is 28.9 Å². The SMILES string of the molecule is Cc1nc(N2CC3CC3C2)ccc1CC#N. The summed E-state index contributed by atoms with van der Waals surface area (Å²) >= 11 is 0. The fraction of sp³-hybridized carbons (Fsp3) is 0.538. The number of nitrogens with zero attached hydrogens (tertiary/aromatic N) is 3. The van der Waals surface area contributed by atoms with Crippen molar-refractivity contribution in [1.82, 2.24) is 4.98 Å². The van der Waals surface area contributed by atoms with Gasteiger partial charge in [-0.1, -0.05) is 6.07 Å². The first-order valence-electron chi connectivity index (χ1n) is 5.86. The van der Waals surface area contributed by atoms with Crippen LogP contribution >= 0.6 is 0 Å². The van der Waals surface area contributed by atoms with Gasteiger partial charge in [-0.2, -0.15) is 5.26 Å². The zero-order valence-corrected chi connectivity index (χ0v) is 9.48. The van der Waals surface area contributed by atoms with Gasteiger partial charge in [-0.25, -0.2) is 4.98 Å². The summed E-state index contributed by atoms with van der Waals surface area (Å²) in [7, 11) is 0. The third-order valence-electron chi connectivity index (χ3n) is 3.75. The highest BCUT2D eigenvalue weighted by atomic mass is 15.2. The maximum absolute atomic E-state index is 8.68. The van der Waals surface area contributed by atoms with E-state index in [1.165, 1.54) is 19.5 Å². The standard InChI is InChI=1S/C13H15N3/c1-9-10(4-5-14)2-3-13(15-9)16-7-11-6-12(11)8-16/h2-3,11-12H,4,6-8H2,1H3. The molecule has 1 aromatic rings. The molecule has 0 aromatic carbocycles. The van der Waals surface area contributed by atoms with Gasteiger partial charge in [0.25, 0.3) is 0 Å². The lowest BCUT2D eigenvalue weighted by Gasteiger charge is -2.19. The maximum atomic E-state index is 8.68. The number of hydrogen-bond donors (Lipinski definition) is 0. The summed E-state index contributed by atoms with van der Waals surface area (Å²) in [4.78, 5) is 6.98. The summed E-state index contributed by atoms with van der Waals surface area (Å²) in [5.41, 5.74) is 2.05. The third kappa shape index (κ3) is 1.55. The van der Waals surface area contributed by atoms with Gasteiger partial charge in [-0.05, 0) is 36.8 Å². The largest absolute Gasteiger partial charge is 0.356 e. The van der Waals surface area contributed by atoms with E-state index in [1.54, 1.807) is 0 Å². The van der Waals surface area contributed by atoms with Gasteiger partial charge in [0.2, 0.25) is 0 Å². The van der Waals surface area contributed by atoms with Gasteiger partial charge < -0.3 is 4.90 Å². The molecule has 3 heteroatoms. The Balaban J connectivity index is 1.81. The molecular weight excluding hydrogens is 198 g/mol. The van der Waals surface area contributed by atoms with Gasteiger partial charge in [-0.15, -0.1) is 0 Å². The number of pyridine rings is 1. The first kappa shape index (κ1) is 9.65. The number of rotatable bonds is 2. The van der Waals surface area contributed by atoms with Crippen LogP contribution in [0.3, 0.4) is 0 Å². The second-order valence-electron chi connectivity index (χ2n) is 4.91. The molecule has 2 unspecified atom stereocenters. The Kier molecular flexibility index (Phi) is 2.10. The lowest BCUT2D eigenvalue weighted by atomic mass is 10.1. The molecule has 1 aliphatic heterocycles. The Labute approximate surface area is 95.7 Å². The molecule has 2 aliphatic rings. The van der Waals surface area contributed by atoms with Gasteiger partial charge in [-0.3, -0.25) is 0 Å². The molecule has 0 spiro atoms. The Morgan fingerprint density at radius 2 is 2.19 bits per heavy atom. The molecule has 2 fully saturated rings. The number of aromatic nitrogens is 1. The molecule has 2 atom stereocenters. The number of piperidine rings is 1. The molecule has 1 saturated carbocycles. The van der Waals surface area contributed by atoms with Gasteiger partial charge >= 0.3 is 0 Å². The zero-order chi connectivity index (χ0) is 11.1. The average molecular weight is 213 g/mol. The molecule has 0 N–H and O–H groups in total. The molecular formula is C13H15N3. The van der Waals surface area contributed by atoms with Gasteiger partial charge in [0.05, 0.1) is 12.5 Å². The summed E-state index contributed by atoms with van der Waals surface area (Å²) < 4.78 is 0. The highest BCUT2D eigenvalue weighted by molar-refractivity contribution is 5.44. The molecule has 1 aliphatic carbocycles. The predicted molar refractivity (Wildman–Crippen MR) is 62.1 cm³/mol. The first-order valence-corrected chi connectivity index (χ1v) is 5.86. The highest BCUT2D eigenvalue weighted by Gasteiger charge is 2.45. The van der Waals surface area contributed by atoms with Gasteiger partial charge in [0.15, 0.2) is 0 Å². The van der Waals surface area contributed by atoms with Crippen LogP contribution in [0.4, 0.5) is 5.82 Å². The van der Waals surface area contributed by atoms with E-state index >= 15 is 0 Å². The highest BCUT2D eigenvalue weighted by Crippen LogP contribution is 2.45. The fourth-order valence-electron chi connectivity index (χ4n) is 2.61. The molecule has 1 aromatic heterocycles. The number of hydrogen-bond acceptors (Lipinski definition) is 3. The minimum atomic E-state index is 0.463. The number of nitriles is 1. The van der Waals surface area contributed by atoms with Crippen LogP contribution in [-0.2, 0) is 6.42 Å². The van der Waals surface area contributed by atoms with E-state index in [9.17, 15) is 0 Å². The molecule has 0 radical (unpaired) electrons. The van der Waals surface area contributed by atoms with Crippen LogP contribution < -0.4 is 4.90 Å². The van der Waals surface area contributed by atoms with Crippen LogP contribution in [0, 0.1) is 30.1 Å². The topological polar surface area (TPSA) is 39.9 Å². The van der Waals surface area contributed by atoms with Crippen LogP contribution in [0.5, 0.6) is 0 Å². The Morgan fingerprint density at radius 1 is 1.44 bits per heavy atom. The molecule has 3 nitrogen and oxygen atoms in total. The van der Waals surface area contributed by atoms with Crippen molar-refractivity contribution in [2.45, 2.75) is 19.8 Å². The van der Waals surface area contributed by atoms with Crippen molar-refractivity contribution in [1.29, 1.82) is 5.26 Å². The van der Waals surface area contributed by atoms with Crippen molar-refractivity contribution in [3.8, 4) is 6.07 Å². The van der Waals surface area contributed by atoms with Crippen molar-refractivity contribution in [3.63, 3.8) is 0 Å². The monoisotopic (exact) mass is 213 g/mol. The molecule has 0 amide bonds. The van der Waals surface area contributed by atoms with E-state index in [-0.39, 0.29) is 0 Å². The molecule has 82 valence electrons. The summed E-state index contributed by atoms with van der Waals surface area (Å²) in [5.74, 6) is 2.95. The second-order valence-corrected chi connectivity index (χ2v) is 4.91. The normalized spacial score (nSPS) is 26.4. The maximum Gasteiger partial charge on any atom is 0.128 e. The van der Waals surface area contributed by atoms with Crippen LogP contribution in [0.15, 0.2) is 12.1 Å². The fourth-order valence-corrected chi connectivity index (χ4v) is 2.61. The Morgan fingerprint density at radius 3 is 2.81 bits per heavy atom. The number of anilines is 1. The van der Waals surface area contributed by atoms with Crippen molar-refractivity contribution in [2.24, 2.45) is 11.8 Å². The number of aryl methyl sites for hydroxylation is 1. The van der Waals surface area contributed by atoms with Crippen molar-refractivity contribution >= 4 is 5.82 Å². The first-order chi connectivity index (χ1) is 7.78. The molecule has 16 heavy (non-hydrogen) atoms. The Bertz CT molecular complexity index is 451. The molecule has 2 heterocycles. The van der Waals surface area contributed by atoms with Crippen LogP contribution in [-0.4, -0.2) is 18.1 Å². The van der Waals surface area contributed by atoms with Crippen LogP contribution in [0.2, 0.25) is 0 Å². The summed E-state index contributed by atoms with van der Waals surface area (Å²) in [6.45, 7) is 4.34. The van der Waals surface area contributed by atoms with Crippen molar-refractivity contribution in [3.05, 3.63) is 23.4 Å². The lowest BCUT2D eigenvalue weighted by molar-refractivity contribution is 0.801.